The summed E-state index contributed by atoms with van der Waals surface area (Å²) >= 11 is 12.2. The van der Waals surface area contributed by atoms with Gasteiger partial charge in [-0.3, -0.25) is 14.4 Å². The van der Waals surface area contributed by atoms with E-state index in [2.05, 4.69) is 15.6 Å². The molecule has 0 bridgehead atoms. The highest BCUT2D eigenvalue weighted by Crippen LogP contribution is 2.41. The number of hydrogen-bond acceptors (Lipinski definition) is 9. The highest BCUT2D eigenvalue weighted by atomic mass is 35.5. The first-order chi connectivity index (χ1) is 30.0. The molecule has 2 aliphatic rings. The van der Waals surface area contributed by atoms with Gasteiger partial charge in [-0.15, -0.1) is 0 Å². The number of rotatable bonds is 11. The summed E-state index contributed by atoms with van der Waals surface area (Å²) < 4.78 is 24.3. The third-order valence-electron chi connectivity index (χ3n) is 10.7. The smallest absolute Gasteiger partial charge is 0.277 e. The van der Waals surface area contributed by atoms with Crippen LogP contribution in [0.2, 0.25) is 10.0 Å². The standard InChI is InChI=1S/C47H42Cl2N4O7.CH4O/c1-27-44(52-28(2)59-27)47(56)53-24-36-23-42-41(58-26-43(60-42)33-13-15-37(16-14-33)57-25-30-6-17-38(48)39(49)20-30)22-35(36)21-40(53)46(55)51-19-18-29-4-7-31(8-5-29)32-9-11-34(12-10-32)45(54)50-3;1-2/h4-17,20,22-23,40,43H,18-19,21,24-26H2,1-3H3,(H,50,54)(H,51,55);2H,1H3. The molecule has 3 N–H and O–H groups in total. The van der Waals surface area contributed by atoms with Crippen LogP contribution in [-0.2, 0) is 30.8 Å². The van der Waals surface area contributed by atoms with E-state index in [-0.39, 0.29) is 42.5 Å². The van der Waals surface area contributed by atoms with Crippen molar-refractivity contribution in [1.82, 2.24) is 20.5 Å². The molecule has 0 aliphatic carbocycles. The second-order valence-corrected chi connectivity index (χ2v) is 15.6. The van der Waals surface area contributed by atoms with Crippen molar-refractivity contribution in [3.63, 3.8) is 0 Å². The van der Waals surface area contributed by atoms with Gasteiger partial charge in [-0.2, -0.15) is 0 Å². The number of carbonyl (C=O) groups is 3. The van der Waals surface area contributed by atoms with Crippen LogP contribution in [0, 0.1) is 13.8 Å². The van der Waals surface area contributed by atoms with Gasteiger partial charge in [-0.25, -0.2) is 4.98 Å². The molecule has 0 spiro atoms. The van der Waals surface area contributed by atoms with E-state index in [0.717, 1.165) is 46.1 Å². The number of aliphatic hydroxyl groups is 1. The average Bonchev–Trinajstić information content (AvgIpc) is 3.65. The molecule has 0 saturated heterocycles. The molecule has 5 aromatic carbocycles. The molecule has 0 radical (unpaired) electrons. The maximum absolute atomic E-state index is 14.1. The lowest BCUT2D eigenvalue weighted by Crippen LogP contribution is -2.53. The molecule has 0 saturated carbocycles. The number of nitrogens with one attached hydrogen (secondary N) is 2. The van der Waals surface area contributed by atoms with Crippen molar-refractivity contribution in [2.75, 3.05) is 27.3 Å². The number of amides is 3. The van der Waals surface area contributed by atoms with E-state index in [0.29, 0.717) is 70.7 Å². The number of aryl methyl sites for hydroxylation is 2. The van der Waals surface area contributed by atoms with Crippen molar-refractivity contribution < 1.29 is 38.1 Å². The molecule has 14 heteroatoms. The van der Waals surface area contributed by atoms with Gasteiger partial charge in [0.15, 0.2) is 29.2 Å². The van der Waals surface area contributed by atoms with E-state index in [1.165, 1.54) is 0 Å². The van der Waals surface area contributed by atoms with Crippen LogP contribution in [0.5, 0.6) is 17.2 Å². The lowest BCUT2D eigenvalue weighted by atomic mass is 9.92. The molecule has 2 unspecified atom stereocenters. The maximum Gasteiger partial charge on any atom is 0.277 e. The minimum atomic E-state index is -0.797. The fourth-order valence-corrected chi connectivity index (χ4v) is 7.79. The fraction of sp³-hybridized carbons (Fsp3) is 0.250. The van der Waals surface area contributed by atoms with Gasteiger partial charge in [-0.05, 0) is 101 Å². The van der Waals surface area contributed by atoms with Gasteiger partial charge in [0.25, 0.3) is 11.8 Å². The van der Waals surface area contributed by atoms with Gasteiger partial charge in [0.2, 0.25) is 5.91 Å². The molecule has 62 heavy (non-hydrogen) atoms. The number of carbonyl (C=O) groups excluding carboxylic acids is 3. The Labute approximate surface area is 369 Å². The maximum atomic E-state index is 14.1. The molecule has 8 rings (SSSR count). The van der Waals surface area contributed by atoms with Crippen LogP contribution >= 0.6 is 23.2 Å². The monoisotopic (exact) mass is 876 g/mol. The van der Waals surface area contributed by atoms with Crippen molar-refractivity contribution in [3.05, 3.63) is 164 Å². The number of aliphatic hydroxyl groups excluding tert-OH is 1. The Morgan fingerprint density at radius 2 is 1.52 bits per heavy atom. The quantitative estimate of drug-likeness (QED) is 0.117. The minimum Gasteiger partial charge on any atom is -0.489 e. The van der Waals surface area contributed by atoms with Gasteiger partial charge in [0, 0.05) is 46.2 Å². The molecular formula is C48H46Cl2N4O8. The Hall–Kier alpha value is -6.34. The van der Waals surface area contributed by atoms with E-state index >= 15 is 0 Å². The van der Waals surface area contributed by atoms with Crippen LogP contribution in [0.4, 0.5) is 0 Å². The van der Waals surface area contributed by atoms with Crippen molar-refractivity contribution in [1.29, 1.82) is 0 Å². The summed E-state index contributed by atoms with van der Waals surface area (Å²) in [4.78, 5) is 45.9. The Kier molecular flexibility index (Phi) is 13.8. The second-order valence-electron chi connectivity index (χ2n) is 14.8. The van der Waals surface area contributed by atoms with E-state index in [1.54, 1.807) is 50.1 Å². The van der Waals surface area contributed by atoms with Crippen LogP contribution in [0.1, 0.15) is 66.4 Å². The molecule has 12 nitrogen and oxygen atoms in total. The van der Waals surface area contributed by atoms with Gasteiger partial charge in [-0.1, -0.05) is 77.8 Å². The molecule has 3 amide bonds. The number of hydrogen-bond donors (Lipinski definition) is 3. The average molecular weight is 878 g/mol. The summed E-state index contributed by atoms with van der Waals surface area (Å²) in [6.07, 6.45) is 0.493. The molecule has 6 aromatic rings. The van der Waals surface area contributed by atoms with Crippen molar-refractivity contribution in [2.24, 2.45) is 0 Å². The first kappa shape index (κ1) is 43.7. The third-order valence-corrected chi connectivity index (χ3v) is 11.5. The van der Waals surface area contributed by atoms with Crippen molar-refractivity contribution >= 4 is 40.9 Å². The number of fused-ring (bicyclic) bond motifs is 2. The largest absolute Gasteiger partial charge is 0.489 e. The predicted octanol–water partition coefficient (Wildman–Crippen LogP) is 8.25. The number of ether oxygens (including phenoxy) is 3. The van der Waals surface area contributed by atoms with E-state index in [9.17, 15) is 14.4 Å². The summed E-state index contributed by atoms with van der Waals surface area (Å²) in [7, 11) is 2.61. The summed E-state index contributed by atoms with van der Waals surface area (Å²) in [6, 6.07) is 31.6. The first-order valence-electron chi connectivity index (χ1n) is 20.0. The Morgan fingerprint density at radius 3 is 2.18 bits per heavy atom. The summed E-state index contributed by atoms with van der Waals surface area (Å²) in [6.45, 7) is 4.55. The molecule has 3 heterocycles. The number of nitrogens with zero attached hydrogens (tertiary/aromatic N) is 2. The van der Waals surface area contributed by atoms with Crippen LogP contribution in [0.25, 0.3) is 11.1 Å². The molecule has 320 valence electrons. The van der Waals surface area contributed by atoms with Crippen LogP contribution < -0.4 is 24.8 Å². The number of benzene rings is 5. The Morgan fingerprint density at radius 1 is 0.839 bits per heavy atom. The summed E-state index contributed by atoms with van der Waals surface area (Å²) in [5.74, 6) is 1.81. The van der Waals surface area contributed by atoms with E-state index < -0.39 is 6.04 Å². The van der Waals surface area contributed by atoms with Crippen LogP contribution in [-0.4, -0.2) is 66.1 Å². The van der Waals surface area contributed by atoms with Gasteiger partial charge in [0.1, 0.15) is 30.8 Å². The van der Waals surface area contributed by atoms with Gasteiger partial charge in [0.05, 0.1) is 10.0 Å². The van der Waals surface area contributed by atoms with Crippen LogP contribution in [0.3, 0.4) is 0 Å². The number of aromatic nitrogens is 1. The van der Waals surface area contributed by atoms with E-state index in [4.69, 9.17) is 46.9 Å². The molecule has 0 fully saturated rings. The van der Waals surface area contributed by atoms with Gasteiger partial charge < -0.3 is 39.3 Å². The molecular weight excluding hydrogens is 831 g/mol. The third kappa shape index (κ3) is 9.89. The lowest BCUT2D eigenvalue weighted by molar-refractivity contribution is -0.126. The molecule has 2 aliphatic heterocycles. The Balaban J connectivity index is 0.00000285. The van der Waals surface area contributed by atoms with Gasteiger partial charge >= 0.3 is 0 Å². The molecule has 1 aromatic heterocycles. The summed E-state index contributed by atoms with van der Waals surface area (Å²) in [5, 5.41) is 13.7. The first-order valence-corrected chi connectivity index (χ1v) is 20.8. The summed E-state index contributed by atoms with van der Waals surface area (Å²) in [5.41, 5.74) is 7.40. The predicted molar refractivity (Wildman–Crippen MR) is 236 cm³/mol. The van der Waals surface area contributed by atoms with E-state index in [1.807, 2.05) is 78.9 Å². The zero-order valence-corrected chi connectivity index (χ0v) is 36.2. The number of oxazole rings is 1. The fourth-order valence-electron chi connectivity index (χ4n) is 7.47. The topological polar surface area (TPSA) is 152 Å². The normalized spacial score (nSPS) is 15.1. The highest BCUT2D eigenvalue weighted by molar-refractivity contribution is 6.42. The zero-order valence-electron chi connectivity index (χ0n) is 34.7. The number of halogens is 2. The van der Waals surface area contributed by atoms with Crippen molar-refractivity contribution in [2.45, 2.75) is 52.0 Å². The SMILES string of the molecule is CNC(=O)c1ccc(-c2ccc(CCNC(=O)C3Cc4cc5c(cc4CN3C(=O)c3nc(C)oc3C)OC(c3ccc(OCc4ccc(Cl)c(Cl)c4)cc3)CO5)cc2)cc1.CO. The second kappa shape index (κ2) is 19.6. The zero-order chi connectivity index (χ0) is 43.9. The molecule has 2 atom stereocenters. The lowest BCUT2D eigenvalue weighted by Gasteiger charge is -2.37. The minimum absolute atomic E-state index is 0.131. The Bertz CT molecular complexity index is 2560. The van der Waals surface area contributed by atoms with Crippen LogP contribution in [0.15, 0.2) is 108 Å². The van der Waals surface area contributed by atoms with Crippen molar-refractivity contribution in [3.8, 4) is 28.4 Å². The highest BCUT2D eigenvalue weighted by Gasteiger charge is 2.38.